The summed E-state index contributed by atoms with van der Waals surface area (Å²) in [6, 6.07) is 0. The third kappa shape index (κ3) is 3.36. The zero-order chi connectivity index (χ0) is 12.5. The second kappa shape index (κ2) is 4.86. The average molecular weight is 249 g/mol. The number of fused-ring (bicyclic) bond motifs is 1. The minimum absolute atomic E-state index is 0.440. The third-order valence-corrected chi connectivity index (χ3v) is 4.00. The lowest BCUT2D eigenvalue weighted by molar-refractivity contribution is -0.163. The van der Waals surface area contributed by atoms with E-state index in [-0.39, 0.29) is 0 Å². The van der Waals surface area contributed by atoms with Crippen molar-refractivity contribution in [3.8, 4) is 0 Å². The molecule has 0 aromatic heterocycles. The maximum absolute atomic E-state index is 12.1. The number of hydrogen-bond donors (Lipinski definition) is 0. The van der Waals surface area contributed by atoms with Gasteiger partial charge in [0.25, 0.3) is 0 Å². The second-order valence-electron chi connectivity index (χ2n) is 5.22. The molecule has 98 valence electrons. The molecule has 2 rings (SSSR count). The van der Waals surface area contributed by atoms with Gasteiger partial charge in [-0.15, -0.1) is 0 Å². The zero-order valence-electron chi connectivity index (χ0n) is 9.80. The summed E-state index contributed by atoms with van der Waals surface area (Å²) in [6.45, 7) is 1.05. The molecule has 1 heterocycles. The number of halogens is 3. The first kappa shape index (κ1) is 12.7. The fraction of sp³-hybridized carbons (Fsp3) is 0.917. The van der Waals surface area contributed by atoms with Crippen molar-refractivity contribution in [1.29, 1.82) is 0 Å². The molecule has 1 saturated carbocycles. The summed E-state index contributed by atoms with van der Waals surface area (Å²) < 4.78 is 36.4. The van der Waals surface area contributed by atoms with Gasteiger partial charge < -0.3 is 4.90 Å². The molecule has 2 aliphatic rings. The molecule has 0 spiro atoms. The fourth-order valence-corrected chi connectivity index (χ4v) is 3.11. The number of piperidine rings is 1. The van der Waals surface area contributed by atoms with Crippen molar-refractivity contribution in [2.75, 3.05) is 13.1 Å². The van der Waals surface area contributed by atoms with Crippen LogP contribution >= 0.6 is 0 Å². The lowest BCUT2D eigenvalue weighted by Gasteiger charge is -2.41. The Kier molecular flexibility index (Phi) is 3.64. The lowest BCUT2D eigenvalue weighted by Crippen LogP contribution is -2.45. The van der Waals surface area contributed by atoms with Crippen molar-refractivity contribution >= 4 is 5.91 Å². The molecule has 2 nitrogen and oxygen atoms in total. The SMILES string of the molecule is O=C(CC(F)(F)F)N1CC[C@@H]2CCCC[C@H]2C1. The fourth-order valence-electron chi connectivity index (χ4n) is 3.11. The predicted molar refractivity (Wildman–Crippen MR) is 57.3 cm³/mol. The van der Waals surface area contributed by atoms with E-state index >= 15 is 0 Å². The standard InChI is InChI=1S/C12H18F3NO/c13-12(14,15)7-11(17)16-6-5-9-3-1-2-4-10(9)8-16/h9-10H,1-8H2/t9-,10-/m0/s1. The summed E-state index contributed by atoms with van der Waals surface area (Å²) in [4.78, 5) is 12.9. The van der Waals surface area contributed by atoms with E-state index in [1.54, 1.807) is 0 Å². The summed E-state index contributed by atoms with van der Waals surface area (Å²) in [5, 5.41) is 0. The van der Waals surface area contributed by atoms with Gasteiger partial charge in [0.05, 0.1) is 0 Å². The van der Waals surface area contributed by atoms with Crippen LogP contribution in [0.25, 0.3) is 0 Å². The Bertz CT molecular complexity index is 290. The Morgan fingerprint density at radius 3 is 2.41 bits per heavy atom. The van der Waals surface area contributed by atoms with Gasteiger partial charge in [-0.1, -0.05) is 19.3 Å². The predicted octanol–water partition coefficient (Wildman–Crippen LogP) is 2.98. The minimum atomic E-state index is -4.37. The van der Waals surface area contributed by atoms with E-state index in [1.165, 1.54) is 17.7 Å². The summed E-state index contributed by atoms with van der Waals surface area (Å²) in [5.41, 5.74) is 0. The molecule has 0 aromatic rings. The van der Waals surface area contributed by atoms with Gasteiger partial charge in [0.1, 0.15) is 6.42 Å². The molecule has 0 unspecified atom stereocenters. The van der Waals surface area contributed by atoms with E-state index in [9.17, 15) is 18.0 Å². The molecule has 1 aliphatic heterocycles. The van der Waals surface area contributed by atoms with E-state index in [4.69, 9.17) is 0 Å². The van der Waals surface area contributed by atoms with Crippen LogP contribution in [0.2, 0.25) is 0 Å². The molecular formula is C12H18F3NO. The van der Waals surface area contributed by atoms with Crippen LogP contribution in [-0.4, -0.2) is 30.1 Å². The third-order valence-electron chi connectivity index (χ3n) is 4.00. The first-order valence-corrected chi connectivity index (χ1v) is 6.30. The number of nitrogens with zero attached hydrogens (tertiary/aromatic N) is 1. The van der Waals surface area contributed by atoms with Crippen molar-refractivity contribution in [2.45, 2.75) is 44.7 Å². The van der Waals surface area contributed by atoms with Gasteiger partial charge >= 0.3 is 6.18 Å². The first-order valence-electron chi connectivity index (χ1n) is 6.30. The van der Waals surface area contributed by atoms with E-state index in [1.807, 2.05) is 0 Å². The van der Waals surface area contributed by atoms with Crippen molar-refractivity contribution in [3.63, 3.8) is 0 Å². The summed E-state index contributed by atoms with van der Waals surface area (Å²) in [5.74, 6) is 0.329. The highest BCUT2D eigenvalue weighted by Crippen LogP contribution is 2.36. The van der Waals surface area contributed by atoms with Crippen LogP contribution in [0.5, 0.6) is 0 Å². The number of hydrogen-bond acceptors (Lipinski definition) is 1. The molecule has 0 aromatic carbocycles. The Hall–Kier alpha value is -0.740. The van der Waals surface area contributed by atoms with E-state index in [0.29, 0.717) is 24.9 Å². The monoisotopic (exact) mass is 249 g/mol. The van der Waals surface area contributed by atoms with E-state index in [0.717, 1.165) is 19.3 Å². The van der Waals surface area contributed by atoms with Crippen LogP contribution in [0, 0.1) is 11.8 Å². The van der Waals surface area contributed by atoms with Crippen molar-refractivity contribution < 1.29 is 18.0 Å². The van der Waals surface area contributed by atoms with Crippen LogP contribution in [0.3, 0.4) is 0 Å². The smallest absolute Gasteiger partial charge is 0.342 e. The number of amides is 1. The van der Waals surface area contributed by atoms with Crippen molar-refractivity contribution in [1.82, 2.24) is 4.90 Å². The van der Waals surface area contributed by atoms with Crippen LogP contribution in [0.15, 0.2) is 0 Å². The number of likely N-dealkylation sites (tertiary alicyclic amines) is 1. The van der Waals surface area contributed by atoms with Gasteiger partial charge in [-0.25, -0.2) is 0 Å². The molecule has 1 aliphatic carbocycles. The largest absolute Gasteiger partial charge is 0.397 e. The first-order chi connectivity index (χ1) is 7.96. The lowest BCUT2D eigenvalue weighted by atomic mass is 9.75. The van der Waals surface area contributed by atoms with Crippen LogP contribution < -0.4 is 0 Å². The highest BCUT2D eigenvalue weighted by molar-refractivity contribution is 5.76. The zero-order valence-corrected chi connectivity index (χ0v) is 9.80. The number of carbonyl (C=O) groups excluding carboxylic acids is 1. The molecule has 1 amide bonds. The Morgan fingerprint density at radius 2 is 1.76 bits per heavy atom. The van der Waals surface area contributed by atoms with Gasteiger partial charge in [-0.05, 0) is 24.7 Å². The van der Waals surface area contributed by atoms with Crippen molar-refractivity contribution in [3.05, 3.63) is 0 Å². The molecule has 1 saturated heterocycles. The molecule has 0 radical (unpaired) electrons. The molecule has 0 N–H and O–H groups in total. The summed E-state index contributed by atoms with van der Waals surface area (Å²) >= 11 is 0. The number of carbonyl (C=O) groups is 1. The number of rotatable bonds is 1. The molecule has 2 fully saturated rings. The van der Waals surface area contributed by atoms with Crippen LogP contribution in [-0.2, 0) is 4.79 Å². The Morgan fingerprint density at radius 1 is 1.12 bits per heavy atom. The normalized spacial score (nSPS) is 29.9. The van der Waals surface area contributed by atoms with Crippen LogP contribution in [0.1, 0.15) is 38.5 Å². The van der Waals surface area contributed by atoms with E-state index < -0.39 is 18.5 Å². The van der Waals surface area contributed by atoms with Gasteiger partial charge in [-0.2, -0.15) is 13.2 Å². The molecule has 2 atom stereocenters. The highest BCUT2D eigenvalue weighted by Gasteiger charge is 2.37. The van der Waals surface area contributed by atoms with Crippen LogP contribution in [0.4, 0.5) is 13.2 Å². The Labute approximate surface area is 99.2 Å². The quantitative estimate of drug-likeness (QED) is 0.699. The van der Waals surface area contributed by atoms with Gasteiger partial charge in [0, 0.05) is 13.1 Å². The van der Waals surface area contributed by atoms with Gasteiger partial charge in [-0.3, -0.25) is 4.79 Å². The summed E-state index contributed by atoms with van der Waals surface area (Å²) in [7, 11) is 0. The van der Waals surface area contributed by atoms with Gasteiger partial charge in [0.2, 0.25) is 5.91 Å². The average Bonchev–Trinajstić information content (AvgIpc) is 2.26. The highest BCUT2D eigenvalue weighted by atomic mass is 19.4. The van der Waals surface area contributed by atoms with Gasteiger partial charge in [0.15, 0.2) is 0 Å². The van der Waals surface area contributed by atoms with Crippen molar-refractivity contribution in [2.24, 2.45) is 11.8 Å². The Balaban J connectivity index is 1.89. The topological polar surface area (TPSA) is 20.3 Å². The molecule has 0 bridgehead atoms. The molecule has 17 heavy (non-hydrogen) atoms. The molecular weight excluding hydrogens is 231 g/mol. The second-order valence-corrected chi connectivity index (χ2v) is 5.22. The maximum atomic E-state index is 12.1. The summed E-state index contributed by atoms with van der Waals surface area (Å²) in [6.07, 6.45) is -0.147. The molecule has 5 heteroatoms. The minimum Gasteiger partial charge on any atom is -0.342 e. The van der Waals surface area contributed by atoms with E-state index in [2.05, 4.69) is 0 Å². The maximum Gasteiger partial charge on any atom is 0.397 e. The number of alkyl halides is 3.